The summed E-state index contributed by atoms with van der Waals surface area (Å²) >= 11 is 8.09. The van der Waals surface area contributed by atoms with Crippen molar-refractivity contribution < 1.29 is 4.39 Å². The van der Waals surface area contributed by atoms with Crippen molar-refractivity contribution in [3.63, 3.8) is 0 Å². The summed E-state index contributed by atoms with van der Waals surface area (Å²) in [6, 6.07) is 4.77. The molecule has 0 bridgehead atoms. The smallest absolute Gasteiger partial charge is 0.129 e. The summed E-state index contributed by atoms with van der Waals surface area (Å²) in [5.74, 6) is -0.280. The molecule has 0 aliphatic carbocycles. The molecule has 5 heteroatoms. The predicted molar refractivity (Wildman–Crippen MR) is 84.2 cm³/mol. The third kappa shape index (κ3) is 3.11. The molecule has 19 heavy (non-hydrogen) atoms. The van der Waals surface area contributed by atoms with Crippen LogP contribution < -0.4 is 0 Å². The van der Waals surface area contributed by atoms with Gasteiger partial charge in [0.15, 0.2) is 0 Å². The molecule has 0 aliphatic heterocycles. The molecule has 0 aliphatic rings. The van der Waals surface area contributed by atoms with Gasteiger partial charge in [-0.2, -0.15) is 5.10 Å². The summed E-state index contributed by atoms with van der Waals surface area (Å²) in [5, 5.41) is 4.99. The van der Waals surface area contributed by atoms with E-state index in [2.05, 4.69) is 41.5 Å². The van der Waals surface area contributed by atoms with Crippen molar-refractivity contribution in [2.24, 2.45) is 0 Å². The molecule has 102 valence electrons. The zero-order chi connectivity index (χ0) is 14.0. The van der Waals surface area contributed by atoms with Crippen molar-refractivity contribution in [3.05, 3.63) is 49.6 Å². The van der Waals surface area contributed by atoms with Gasteiger partial charge in [-0.1, -0.05) is 31.5 Å². The maximum Gasteiger partial charge on any atom is 0.129 e. The van der Waals surface area contributed by atoms with Crippen LogP contribution in [0, 0.1) is 9.39 Å². The third-order valence-corrected chi connectivity index (χ3v) is 4.55. The van der Waals surface area contributed by atoms with Crippen LogP contribution in [0.1, 0.15) is 30.8 Å². The van der Waals surface area contributed by atoms with Gasteiger partial charge in [-0.05, 0) is 47.6 Å². The van der Waals surface area contributed by atoms with Gasteiger partial charge in [0.25, 0.3) is 0 Å². The van der Waals surface area contributed by atoms with Gasteiger partial charge in [-0.3, -0.25) is 4.68 Å². The fourth-order valence-corrected chi connectivity index (χ4v) is 3.34. The first-order valence-electron chi connectivity index (χ1n) is 6.24. The maximum absolute atomic E-state index is 13.8. The Labute approximate surface area is 131 Å². The van der Waals surface area contributed by atoms with E-state index < -0.39 is 0 Å². The van der Waals surface area contributed by atoms with E-state index in [0.29, 0.717) is 17.1 Å². The summed E-state index contributed by atoms with van der Waals surface area (Å²) in [4.78, 5) is 0. The second-order valence-corrected chi connectivity index (χ2v) is 5.82. The number of nitrogens with zero attached hydrogens (tertiary/aromatic N) is 2. The normalized spacial score (nSPS) is 11.0. The second kappa shape index (κ2) is 6.22. The van der Waals surface area contributed by atoms with Gasteiger partial charge in [-0.25, -0.2) is 4.39 Å². The van der Waals surface area contributed by atoms with Gasteiger partial charge >= 0.3 is 0 Å². The fraction of sp³-hybridized carbons (Fsp3) is 0.357. The second-order valence-electron chi connectivity index (χ2n) is 4.31. The Balaban J connectivity index is 2.37. The molecule has 0 radical (unpaired) electrons. The minimum atomic E-state index is -0.280. The minimum absolute atomic E-state index is 0.280. The van der Waals surface area contributed by atoms with Crippen LogP contribution in [0.25, 0.3) is 0 Å². The van der Waals surface area contributed by atoms with E-state index in [0.717, 1.165) is 24.2 Å². The van der Waals surface area contributed by atoms with Gasteiger partial charge in [0, 0.05) is 10.6 Å². The lowest BCUT2D eigenvalue weighted by Gasteiger charge is -2.07. The molecule has 1 heterocycles. The Bertz CT molecular complexity index is 595. The molecule has 1 aromatic heterocycles. The van der Waals surface area contributed by atoms with E-state index >= 15 is 0 Å². The number of halogens is 3. The zero-order valence-corrected chi connectivity index (χ0v) is 13.8. The summed E-state index contributed by atoms with van der Waals surface area (Å²) in [6.07, 6.45) is 1.78. The summed E-state index contributed by atoms with van der Waals surface area (Å²) in [5.41, 5.74) is 2.85. The molecule has 2 aromatic rings. The minimum Gasteiger partial charge on any atom is -0.264 e. The molecular formula is C14H15ClFIN2. The van der Waals surface area contributed by atoms with Crippen molar-refractivity contribution in [1.29, 1.82) is 0 Å². The van der Waals surface area contributed by atoms with Crippen LogP contribution >= 0.6 is 34.2 Å². The summed E-state index contributed by atoms with van der Waals surface area (Å²) < 4.78 is 16.9. The van der Waals surface area contributed by atoms with Gasteiger partial charge in [0.2, 0.25) is 0 Å². The number of hydrogen-bond acceptors (Lipinski definition) is 1. The van der Waals surface area contributed by atoms with E-state index in [9.17, 15) is 4.39 Å². The Morgan fingerprint density at radius 1 is 1.32 bits per heavy atom. The topological polar surface area (TPSA) is 17.8 Å². The van der Waals surface area contributed by atoms with Crippen molar-refractivity contribution in [2.45, 2.75) is 33.2 Å². The molecule has 0 atom stereocenters. The average Bonchev–Trinajstić information content (AvgIpc) is 2.68. The van der Waals surface area contributed by atoms with Gasteiger partial charge in [0.05, 0.1) is 21.5 Å². The molecule has 0 fully saturated rings. The molecule has 0 unspecified atom stereocenters. The number of aromatic nitrogens is 2. The maximum atomic E-state index is 13.8. The van der Waals surface area contributed by atoms with Crippen molar-refractivity contribution in [1.82, 2.24) is 9.78 Å². The highest BCUT2D eigenvalue weighted by Gasteiger charge is 2.14. The quantitative estimate of drug-likeness (QED) is 0.703. The molecule has 0 amide bonds. The SMILES string of the molecule is CCc1nn(Cc2ccc(Cl)cc2F)c(CC)c1I. The molecule has 0 saturated heterocycles. The molecule has 0 spiro atoms. The van der Waals surface area contributed by atoms with E-state index in [-0.39, 0.29) is 5.82 Å². The summed E-state index contributed by atoms with van der Waals surface area (Å²) in [6.45, 7) is 4.62. The highest BCUT2D eigenvalue weighted by Crippen LogP contribution is 2.21. The van der Waals surface area contributed by atoms with Crippen molar-refractivity contribution in [3.8, 4) is 0 Å². The van der Waals surface area contributed by atoms with Crippen LogP contribution in [0.2, 0.25) is 5.02 Å². The number of benzene rings is 1. The number of aryl methyl sites for hydroxylation is 1. The van der Waals surface area contributed by atoms with Crippen LogP contribution in [-0.2, 0) is 19.4 Å². The summed E-state index contributed by atoms with van der Waals surface area (Å²) in [7, 11) is 0. The lowest BCUT2D eigenvalue weighted by Crippen LogP contribution is -2.07. The van der Waals surface area contributed by atoms with Gasteiger partial charge in [0.1, 0.15) is 5.82 Å². The van der Waals surface area contributed by atoms with E-state index in [1.807, 2.05) is 4.68 Å². The molecule has 0 N–H and O–H groups in total. The third-order valence-electron chi connectivity index (χ3n) is 3.06. The first-order valence-corrected chi connectivity index (χ1v) is 7.70. The number of rotatable bonds is 4. The lowest BCUT2D eigenvalue weighted by atomic mass is 10.2. The molecule has 2 rings (SSSR count). The standard InChI is InChI=1S/C14H15ClFIN2/c1-3-12-14(17)13(4-2)19(18-12)8-9-5-6-10(15)7-11(9)16/h5-7H,3-4,8H2,1-2H3. The lowest BCUT2D eigenvalue weighted by molar-refractivity contribution is 0.573. The van der Waals surface area contributed by atoms with Crippen LogP contribution in [0.15, 0.2) is 18.2 Å². The number of hydrogen-bond donors (Lipinski definition) is 0. The van der Waals surface area contributed by atoms with Crippen LogP contribution in [0.5, 0.6) is 0 Å². The van der Waals surface area contributed by atoms with Crippen LogP contribution in [-0.4, -0.2) is 9.78 Å². The van der Waals surface area contributed by atoms with Crippen LogP contribution in [0.3, 0.4) is 0 Å². The Morgan fingerprint density at radius 2 is 2.05 bits per heavy atom. The Hall–Kier alpha value is -0.620. The first kappa shape index (κ1) is 14.8. The van der Waals surface area contributed by atoms with Crippen molar-refractivity contribution >= 4 is 34.2 Å². The fourth-order valence-electron chi connectivity index (χ4n) is 2.04. The van der Waals surface area contributed by atoms with E-state index in [1.54, 1.807) is 12.1 Å². The Kier molecular flexibility index (Phi) is 4.84. The molecular weight excluding hydrogens is 378 g/mol. The highest BCUT2D eigenvalue weighted by molar-refractivity contribution is 14.1. The van der Waals surface area contributed by atoms with Gasteiger partial charge in [-0.15, -0.1) is 0 Å². The average molecular weight is 393 g/mol. The van der Waals surface area contributed by atoms with Gasteiger partial charge < -0.3 is 0 Å². The highest BCUT2D eigenvalue weighted by atomic mass is 127. The molecule has 1 aromatic carbocycles. The van der Waals surface area contributed by atoms with E-state index in [1.165, 1.54) is 9.64 Å². The van der Waals surface area contributed by atoms with E-state index in [4.69, 9.17) is 11.6 Å². The predicted octanol–water partition coefficient (Wildman–Crippen LogP) is 4.45. The zero-order valence-electron chi connectivity index (χ0n) is 10.9. The first-order chi connectivity index (χ1) is 9.06. The Morgan fingerprint density at radius 3 is 2.63 bits per heavy atom. The largest absolute Gasteiger partial charge is 0.264 e. The monoisotopic (exact) mass is 392 g/mol. The molecule has 0 saturated carbocycles. The van der Waals surface area contributed by atoms with Crippen LogP contribution in [0.4, 0.5) is 4.39 Å². The molecule has 2 nitrogen and oxygen atoms in total. The van der Waals surface area contributed by atoms with Crippen molar-refractivity contribution in [2.75, 3.05) is 0 Å².